The summed E-state index contributed by atoms with van der Waals surface area (Å²) in [4.78, 5) is 4.15. The summed E-state index contributed by atoms with van der Waals surface area (Å²) in [6.45, 7) is 4.50. The average molecular weight is 268 g/mol. The van der Waals surface area contributed by atoms with Crippen LogP contribution in [-0.4, -0.2) is 11.0 Å². The van der Waals surface area contributed by atoms with Crippen LogP contribution in [0.1, 0.15) is 43.9 Å². The van der Waals surface area contributed by atoms with Gasteiger partial charge in [-0.25, -0.2) is 0 Å². The molecular weight excluding hydrogens is 244 g/mol. The van der Waals surface area contributed by atoms with Crippen LogP contribution in [0.5, 0.6) is 0 Å². The van der Waals surface area contributed by atoms with Gasteiger partial charge in [-0.3, -0.25) is 4.98 Å². The fourth-order valence-corrected chi connectivity index (χ4v) is 2.51. The summed E-state index contributed by atoms with van der Waals surface area (Å²) >= 11 is 0. The molecule has 0 aliphatic heterocycles. The van der Waals surface area contributed by atoms with Crippen LogP contribution >= 0.6 is 0 Å². The molecule has 0 amide bonds. The molecule has 2 nitrogen and oxygen atoms in total. The number of nitrogens with zero attached hydrogens (tertiary/aromatic N) is 1. The zero-order valence-electron chi connectivity index (χ0n) is 12.4. The summed E-state index contributed by atoms with van der Waals surface area (Å²) < 4.78 is 0. The van der Waals surface area contributed by atoms with Crippen molar-refractivity contribution in [2.24, 2.45) is 0 Å². The van der Waals surface area contributed by atoms with Gasteiger partial charge in [0.15, 0.2) is 0 Å². The Morgan fingerprint density at radius 2 is 1.85 bits per heavy atom. The van der Waals surface area contributed by atoms with Gasteiger partial charge in [0, 0.05) is 24.5 Å². The largest absolute Gasteiger partial charge is 0.308 e. The van der Waals surface area contributed by atoms with Crippen LogP contribution < -0.4 is 5.32 Å². The molecule has 2 unspecified atom stereocenters. The molecule has 20 heavy (non-hydrogen) atoms. The van der Waals surface area contributed by atoms with Crippen LogP contribution in [0.3, 0.4) is 0 Å². The van der Waals surface area contributed by atoms with E-state index in [1.165, 1.54) is 24.0 Å². The maximum atomic E-state index is 4.15. The van der Waals surface area contributed by atoms with Gasteiger partial charge >= 0.3 is 0 Å². The predicted octanol–water partition coefficient (Wildman–Crippen LogP) is 4.14. The standard InChI is InChI=1S/C18H24N2/c1-15(8-6-9-17-10-7-13-19-14-17)20-16(2)18-11-4-3-5-12-18/h3-5,7,10-16,20H,6,8-9H2,1-2H3. The third-order valence-corrected chi connectivity index (χ3v) is 3.66. The first-order valence-corrected chi connectivity index (χ1v) is 7.45. The van der Waals surface area contributed by atoms with Crippen molar-refractivity contribution in [2.75, 3.05) is 0 Å². The zero-order valence-corrected chi connectivity index (χ0v) is 12.4. The Hall–Kier alpha value is -1.67. The quantitative estimate of drug-likeness (QED) is 0.816. The Morgan fingerprint density at radius 1 is 1.05 bits per heavy atom. The van der Waals surface area contributed by atoms with E-state index in [1.807, 2.05) is 18.5 Å². The van der Waals surface area contributed by atoms with Gasteiger partial charge in [-0.2, -0.15) is 0 Å². The number of benzene rings is 1. The molecule has 1 heterocycles. The van der Waals surface area contributed by atoms with Gasteiger partial charge in [0.05, 0.1) is 0 Å². The van der Waals surface area contributed by atoms with E-state index in [4.69, 9.17) is 0 Å². The molecule has 2 rings (SSSR count). The summed E-state index contributed by atoms with van der Waals surface area (Å²) in [7, 11) is 0. The van der Waals surface area contributed by atoms with Crippen LogP contribution in [-0.2, 0) is 6.42 Å². The first kappa shape index (κ1) is 14.7. The Balaban J connectivity index is 1.71. The highest BCUT2D eigenvalue weighted by molar-refractivity contribution is 5.18. The van der Waals surface area contributed by atoms with Gasteiger partial charge in [0.2, 0.25) is 0 Å². The number of aryl methyl sites for hydroxylation is 1. The van der Waals surface area contributed by atoms with Crippen LogP contribution in [0.2, 0.25) is 0 Å². The molecule has 106 valence electrons. The number of aromatic nitrogens is 1. The van der Waals surface area contributed by atoms with Gasteiger partial charge in [-0.05, 0) is 50.3 Å². The van der Waals surface area contributed by atoms with Gasteiger partial charge in [-0.1, -0.05) is 36.4 Å². The number of rotatable bonds is 7. The number of hydrogen-bond acceptors (Lipinski definition) is 2. The summed E-state index contributed by atoms with van der Waals surface area (Å²) in [5.41, 5.74) is 2.68. The fraction of sp³-hybridized carbons (Fsp3) is 0.389. The van der Waals surface area contributed by atoms with Crippen molar-refractivity contribution in [3.05, 3.63) is 66.0 Å². The van der Waals surface area contributed by atoms with Crippen molar-refractivity contribution < 1.29 is 0 Å². The molecule has 0 spiro atoms. The summed E-state index contributed by atoms with van der Waals surface area (Å²) in [6.07, 6.45) is 7.28. The van der Waals surface area contributed by atoms with Crippen LogP contribution in [0.15, 0.2) is 54.9 Å². The molecule has 1 N–H and O–H groups in total. The Morgan fingerprint density at radius 3 is 2.55 bits per heavy atom. The lowest BCUT2D eigenvalue weighted by molar-refractivity contribution is 0.446. The molecule has 2 heteroatoms. The summed E-state index contributed by atoms with van der Waals surface area (Å²) in [5, 5.41) is 3.67. The lowest BCUT2D eigenvalue weighted by atomic mass is 10.0. The second-order valence-electron chi connectivity index (χ2n) is 5.45. The van der Waals surface area contributed by atoms with Gasteiger partial charge < -0.3 is 5.32 Å². The second-order valence-corrected chi connectivity index (χ2v) is 5.45. The van der Waals surface area contributed by atoms with Crippen molar-refractivity contribution in [2.45, 2.75) is 45.2 Å². The molecule has 2 atom stereocenters. The van der Waals surface area contributed by atoms with E-state index in [0.717, 1.165) is 6.42 Å². The van der Waals surface area contributed by atoms with E-state index < -0.39 is 0 Å². The SMILES string of the molecule is CC(CCCc1cccnc1)NC(C)c1ccccc1. The van der Waals surface area contributed by atoms with Gasteiger partial charge in [-0.15, -0.1) is 0 Å². The molecule has 0 aliphatic carbocycles. The van der Waals surface area contributed by atoms with E-state index in [-0.39, 0.29) is 0 Å². The minimum Gasteiger partial charge on any atom is -0.308 e. The van der Waals surface area contributed by atoms with Crippen molar-refractivity contribution in [1.82, 2.24) is 10.3 Å². The second kappa shape index (κ2) is 7.81. The Bertz CT molecular complexity index is 481. The maximum absolute atomic E-state index is 4.15. The topological polar surface area (TPSA) is 24.9 Å². The van der Waals surface area contributed by atoms with Crippen molar-refractivity contribution in [3.63, 3.8) is 0 Å². The molecule has 0 aliphatic rings. The highest BCUT2D eigenvalue weighted by Crippen LogP contribution is 2.14. The minimum absolute atomic E-state index is 0.407. The van der Waals surface area contributed by atoms with Crippen molar-refractivity contribution in [1.29, 1.82) is 0 Å². The normalized spacial score (nSPS) is 13.9. The van der Waals surface area contributed by atoms with Crippen LogP contribution in [0.4, 0.5) is 0 Å². The molecule has 0 bridgehead atoms. The molecule has 0 fully saturated rings. The first-order chi connectivity index (χ1) is 9.75. The van der Waals surface area contributed by atoms with E-state index in [0.29, 0.717) is 12.1 Å². The number of nitrogens with one attached hydrogen (secondary N) is 1. The van der Waals surface area contributed by atoms with Gasteiger partial charge in [0.1, 0.15) is 0 Å². The monoisotopic (exact) mass is 268 g/mol. The first-order valence-electron chi connectivity index (χ1n) is 7.45. The molecular formula is C18H24N2. The minimum atomic E-state index is 0.407. The molecule has 0 saturated heterocycles. The highest BCUT2D eigenvalue weighted by Gasteiger charge is 2.08. The predicted molar refractivity (Wildman–Crippen MR) is 84.6 cm³/mol. The lowest BCUT2D eigenvalue weighted by Gasteiger charge is -2.20. The van der Waals surface area contributed by atoms with Crippen LogP contribution in [0.25, 0.3) is 0 Å². The fourth-order valence-electron chi connectivity index (χ4n) is 2.51. The Labute approximate surface area is 122 Å². The van der Waals surface area contributed by atoms with E-state index in [1.54, 1.807) is 0 Å². The molecule has 1 aromatic heterocycles. The van der Waals surface area contributed by atoms with E-state index >= 15 is 0 Å². The third kappa shape index (κ3) is 4.78. The third-order valence-electron chi connectivity index (χ3n) is 3.66. The summed E-state index contributed by atoms with van der Waals surface area (Å²) in [5.74, 6) is 0. The highest BCUT2D eigenvalue weighted by atomic mass is 14.9. The van der Waals surface area contributed by atoms with Gasteiger partial charge in [0.25, 0.3) is 0 Å². The molecule has 0 saturated carbocycles. The lowest BCUT2D eigenvalue weighted by Crippen LogP contribution is -2.28. The average Bonchev–Trinajstić information content (AvgIpc) is 2.49. The summed E-state index contributed by atoms with van der Waals surface area (Å²) in [6, 6.07) is 15.7. The van der Waals surface area contributed by atoms with E-state index in [9.17, 15) is 0 Å². The van der Waals surface area contributed by atoms with E-state index in [2.05, 4.69) is 60.5 Å². The molecule has 1 aromatic carbocycles. The maximum Gasteiger partial charge on any atom is 0.0299 e. The number of pyridine rings is 1. The smallest absolute Gasteiger partial charge is 0.0299 e. The number of hydrogen-bond donors (Lipinski definition) is 1. The molecule has 0 radical (unpaired) electrons. The van der Waals surface area contributed by atoms with Crippen LogP contribution in [0, 0.1) is 0 Å². The Kier molecular flexibility index (Phi) is 5.75. The van der Waals surface area contributed by atoms with Crippen molar-refractivity contribution in [3.8, 4) is 0 Å². The molecule has 2 aromatic rings. The zero-order chi connectivity index (χ0) is 14.2. The van der Waals surface area contributed by atoms with Crippen molar-refractivity contribution >= 4 is 0 Å².